The van der Waals surface area contributed by atoms with Crippen LogP contribution in [-0.2, 0) is 19.4 Å². The van der Waals surface area contributed by atoms with E-state index in [2.05, 4.69) is 36.0 Å². The summed E-state index contributed by atoms with van der Waals surface area (Å²) in [4.78, 5) is 25.3. The Morgan fingerprint density at radius 3 is 2.76 bits per heavy atom. The lowest BCUT2D eigenvalue weighted by Gasteiger charge is -2.33. The molecule has 0 amide bonds. The van der Waals surface area contributed by atoms with Gasteiger partial charge in [0, 0.05) is 31.1 Å². The quantitative estimate of drug-likeness (QED) is 0.864. The SMILES string of the molecule is CC(C)(C)[C@@H]1CCc2c(sc3nc(CN4CCNCC4)[nH]c(=O)c23)C1. The third-order valence-corrected chi connectivity index (χ3v) is 6.92. The maximum atomic E-state index is 12.7. The molecule has 2 aliphatic rings. The minimum Gasteiger partial charge on any atom is -0.314 e. The second-order valence-electron chi connectivity index (χ2n) is 8.53. The van der Waals surface area contributed by atoms with Crippen LogP contribution in [0.15, 0.2) is 4.79 Å². The third-order valence-electron chi connectivity index (χ3n) is 5.78. The summed E-state index contributed by atoms with van der Waals surface area (Å²) >= 11 is 1.75. The van der Waals surface area contributed by atoms with Crippen molar-refractivity contribution in [2.45, 2.75) is 46.6 Å². The molecule has 2 N–H and O–H groups in total. The topological polar surface area (TPSA) is 61.0 Å². The highest BCUT2D eigenvalue weighted by Gasteiger charge is 2.31. The highest BCUT2D eigenvalue weighted by molar-refractivity contribution is 7.18. The second-order valence-corrected chi connectivity index (χ2v) is 9.61. The van der Waals surface area contributed by atoms with E-state index in [1.54, 1.807) is 11.3 Å². The highest BCUT2D eigenvalue weighted by atomic mass is 32.1. The van der Waals surface area contributed by atoms with Crippen molar-refractivity contribution in [3.63, 3.8) is 0 Å². The minimum absolute atomic E-state index is 0.0573. The van der Waals surface area contributed by atoms with Crippen LogP contribution in [0.3, 0.4) is 0 Å². The second kappa shape index (κ2) is 6.49. The first-order valence-electron chi connectivity index (χ1n) is 9.38. The zero-order valence-electron chi connectivity index (χ0n) is 15.4. The van der Waals surface area contributed by atoms with Crippen LogP contribution < -0.4 is 10.9 Å². The van der Waals surface area contributed by atoms with E-state index in [9.17, 15) is 4.79 Å². The van der Waals surface area contributed by atoms with Gasteiger partial charge in [0.15, 0.2) is 0 Å². The lowest BCUT2D eigenvalue weighted by molar-refractivity contribution is 0.218. The summed E-state index contributed by atoms with van der Waals surface area (Å²) in [5, 5.41) is 4.22. The third kappa shape index (κ3) is 3.39. The zero-order chi connectivity index (χ0) is 17.6. The van der Waals surface area contributed by atoms with Gasteiger partial charge in [-0.15, -0.1) is 11.3 Å². The van der Waals surface area contributed by atoms with Gasteiger partial charge in [-0.3, -0.25) is 9.69 Å². The Balaban J connectivity index is 1.65. The molecule has 0 saturated carbocycles. The van der Waals surface area contributed by atoms with E-state index in [-0.39, 0.29) is 5.56 Å². The molecule has 0 unspecified atom stereocenters. The number of fused-ring (bicyclic) bond motifs is 3. The van der Waals surface area contributed by atoms with Crippen LogP contribution in [0.4, 0.5) is 0 Å². The fraction of sp³-hybridized carbons (Fsp3) is 0.684. The van der Waals surface area contributed by atoms with Gasteiger partial charge in [0.2, 0.25) is 0 Å². The molecule has 0 radical (unpaired) electrons. The number of hydrogen-bond acceptors (Lipinski definition) is 5. The molecule has 3 heterocycles. The molecule has 0 bridgehead atoms. The molecule has 1 aliphatic heterocycles. The van der Waals surface area contributed by atoms with Crippen molar-refractivity contribution in [3.8, 4) is 0 Å². The van der Waals surface area contributed by atoms with Crippen molar-refractivity contribution >= 4 is 21.6 Å². The van der Waals surface area contributed by atoms with Crippen LogP contribution in [0, 0.1) is 11.3 Å². The number of hydrogen-bond donors (Lipinski definition) is 2. The highest BCUT2D eigenvalue weighted by Crippen LogP contribution is 2.41. The molecule has 6 heteroatoms. The summed E-state index contributed by atoms with van der Waals surface area (Å²) in [6.07, 6.45) is 3.27. The van der Waals surface area contributed by atoms with Crippen LogP contribution in [0.25, 0.3) is 10.2 Å². The smallest absolute Gasteiger partial charge is 0.259 e. The fourth-order valence-electron chi connectivity index (χ4n) is 4.12. The Morgan fingerprint density at radius 1 is 1.28 bits per heavy atom. The van der Waals surface area contributed by atoms with E-state index in [1.165, 1.54) is 16.9 Å². The number of nitrogens with zero attached hydrogens (tertiary/aromatic N) is 2. The molecule has 0 aromatic carbocycles. The first-order chi connectivity index (χ1) is 11.9. The lowest BCUT2D eigenvalue weighted by Crippen LogP contribution is -2.43. The predicted octanol–water partition coefficient (Wildman–Crippen LogP) is 2.54. The Morgan fingerprint density at radius 2 is 2.04 bits per heavy atom. The van der Waals surface area contributed by atoms with Crippen molar-refractivity contribution in [2.24, 2.45) is 11.3 Å². The molecule has 1 fully saturated rings. The van der Waals surface area contributed by atoms with Crippen LogP contribution in [-0.4, -0.2) is 41.0 Å². The number of H-pyrrole nitrogens is 1. The van der Waals surface area contributed by atoms with Gasteiger partial charge in [0.1, 0.15) is 10.7 Å². The molecule has 4 rings (SSSR count). The molecule has 0 spiro atoms. The van der Waals surface area contributed by atoms with Crippen molar-refractivity contribution in [2.75, 3.05) is 26.2 Å². The van der Waals surface area contributed by atoms with Gasteiger partial charge in [-0.1, -0.05) is 20.8 Å². The first-order valence-corrected chi connectivity index (χ1v) is 10.2. The van der Waals surface area contributed by atoms with Gasteiger partial charge in [-0.2, -0.15) is 0 Å². The summed E-state index contributed by atoms with van der Waals surface area (Å²) < 4.78 is 0. The van der Waals surface area contributed by atoms with Crippen molar-refractivity contribution in [3.05, 3.63) is 26.6 Å². The Bertz CT molecular complexity index is 826. The van der Waals surface area contributed by atoms with Crippen LogP contribution in [0.2, 0.25) is 0 Å². The van der Waals surface area contributed by atoms with Gasteiger partial charge in [-0.25, -0.2) is 4.98 Å². The molecule has 2 aromatic heterocycles. The average molecular weight is 361 g/mol. The Labute approximate surface area is 152 Å². The normalized spacial score (nSPS) is 22.3. The van der Waals surface area contributed by atoms with Crippen LogP contribution in [0.5, 0.6) is 0 Å². The summed E-state index contributed by atoms with van der Waals surface area (Å²) in [6.45, 7) is 11.7. The molecule has 1 saturated heterocycles. The van der Waals surface area contributed by atoms with Crippen LogP contribution >= 0.6 is 11.3 Å². The van der Waals surface area contributed by atoms with Gasteiger partial charge in [-0.05, 0) is 36.2 Å². The van der Waals surface area contributed by atoms with Crippen molar-refractivity contribution in [1.29, 1.82) is 0 Å². The number of rotatable bonds is 2. The van der Waals surface area contributed by atoms with E-state index in [4.69, 9.17) is 4.98 Å². The molecule has 136 valence electrons. The van der Waals surface area contributed by atoms with Crippen LogP contribution in [0.1, 0.15) is 43.5 Å². The molecule has 1 atom stereocenters. The van der Waals surface area contributed by atoms with E-state index in [0.717, 1.165) is 61.6 Å². The first kappa shape index (κ1) is 17.2. The lowest BCUT2D eigenvalue weighted by atomic mass is 9.72. The number of thiophene rings is 1. The Kier molecular flexibility index (Phi) is 4.46. The zero-order valence-corrected chi connectivity index (χ0v) is 16.3. The molecular weight excluding hydrogens is 332 g/mol. The number of aryl methyl sites for hydroxylation is 1. The fourth-order valence-corrected chi connectivity index (χ4v) is 5.44. The predicted molar refractivity (Wildman–Crippen MR) is 103 cm³/mol. The average Bonchev–Trinajstić information content (AvgIpc) is 2.92. The van der Waals surface area contributed by atoms with E-state index in [0.29, 0.717) is 11.3 Å². The molecule has 5 nitrogen and oxygen atoms in total. The van der Waals surface area contributed by atoms with Gasteiger partial charge < -0.3 is 10.3 Å². The maximum Gasteiger partial charge on any atom is 0.259 e. The number of nitrogens with one attached hydrogen (secondary N) is 2. The van der Waals surface area contributed by atoms with E-state index < -0.39 is 0 Å². The maximum absolute atomic E-state index is 12.7. The largest absolute Gasteiger partial charge is 0.314 e. The summed E-state index contributed by atoms with van der Waals surface area (Å²) in [7, 11) is 0. The molecular formula is C19H28N4OS. The summed E-state index contributed by atoms with van der Waals surface area (Å²) in [6, 6.07) is 0. The monoisotopic (exact) mass is 360 g/mol. The van der Waals surface area contributed by atoms with Crippen molar-refractivity contribution in [1.82, 2.24) is 20.2 Å². The number of piperazine rings is 1. The number of aromatic amines is 1. The number of aromatic nitrogens is 2. The van der Waals surface area contributed by atoms with E-state index in [1.807, 2.05) is 0 Å². The standard InChI is InChI=1S/C19H28N4OS/c1-19(2,3)12-4-5-13-14(10-12)25-18-16(13)17(24)21-15(22-18)11-23-8-6-20-7-9-23/h12,20H,4-11H2,1-3H3,(H,21,22,24)/t12-/m1/s1. The summed E-state index contributed by atoms with van der Waals surface area (Å²) in [5.41, 5.74) is 1.64. The minimum atomic E-state index is 0.0573. The Hall–Kier alpha value is -1.24. The summed E-state index contributed by atoms with van der Waals surface area (Å²) in [5.74, 6) is 1.50. The molecule has 25 heavy (non-hydrogen) atoms. The molecule has 1 aliphatic carbocycles. The van der Waals surface area contributed by atoms with Gasteiger partial charge in [0.05, 0.1) is 11.9 Å². The molecule has 2 aromatic rings. The van der Waals surface area contributed by atoms with Gasteiger partial charge >= 0.3 is 0 Å². The van der Waals surface area contributed by atoms with Crippen molar-refractivity contribution < 1.29 is 0 Å². The van der Waals surface area contributed by atoms with E-state index >= 15 is 0 Å². The van der Waals surface area contributed by atoms with Gasteiger partial charge in [0.25, 0.3) is 5.56 Å².